The van der Waals surface area contributed by atoms with Gasteiger partial charge in [0.05, 0.1) is 0 Å². The smallest absolute Gasteiger partial charge is 0.0145 e. The Morgan fingerprint density at radius 2 is 1.37 bits per heavy atom. The molecular formula is C43H61Cl2N2O3Ru-. The minimum absolute atomic E-state index is 0.00360. The predicted molar refractivity (Wildman–Crippen MR) is 217 cm³/mol. The van der Waals surface area contributed by atoms with E-state index in [2.05, 4.69) is 138 Å². The van der Waals surface area contributed by atoms with Gasteiger partial charge >= 0.3 is 112 Å². The number of hydrogen-bond donors (Lipinski definition) is 0. The molecule has 1 atom stereocenters. The van der Waals surface area contributed by atoms with Crippen molar-refractivity contribution < 1.29 is 23.2 Å². The van der Waals surface area contributed by atoms with Gasteiger partial charge in [-0.1, -0.05) is 118 Å². The van der Waals surface area contributed by atoms with Crippen molar-refractivity contribution in [1.29, 1.82) is 0 Å². The summed E-state index contributed by atoms with van der Waals surface area (Å²) in [6, 6.07) is 18.7. The van der Waals surface area contributed by atoms with Crippen LogP contribution in [0.1, 0.15) is 155 Å². The predicted octanol–water partition coefficient (Wildman–Crippen LogP) is 13.1. The Bertz CT molecular complexity index is 1670. The molecule has 0 unspecified atom stereocenters. The van der Waals surface area contributed by atoms with Crippen LogP contribution in [0.4, 0.5) is 11.4 Å². The van der Waals surface area contributed by atoms with Gasteiger partial charge in [-0.3, -0.25) is 0 Å². The number of para-hydroxylation sites is 1. The zero-order valence-corrected chi connectivity index (χ0v) is 36.8. The molecule has 284 valence electrons. The molecule has 0 radical (unpaired) electrons. The van der Waals surface area contributed by atoms with E-state index in [1.807, 2.05) is 13.8 Å². The van der Waals surface area contributed by atoms with E-state index in [1.54, 1.807) is 10.7 Å². The number of rotatable bonds is 8. The number of benzene rings is 3. The maximum atomic E-state index is 10.7. The fourth-order valence-electron chi connectivity index (χ4n) is 6.82. The van der Waals surface area contributed by atoms with E-state index in [4.69, 9.17) is 24.1 Å². The minimum atomic E-state index is -2.05. The van der Waals surface area contributed by atoms with Gasteiger partial charge in [0.2, 0.25) is 0 Å². The number of nitro groups is 1. The van der Waals surface area contributed by atoms with Crippen LogP contribution in [0.2, 0.25) is 0 Å². The van der Waals surface area contributed by atoms with Crippen molar-refractivity contribution in [2.45, 2.75) is 150 Å². The Hall–Kier alpha value is -2.27. The topological polar surface area (TPSA) is 55.6 Å². The van der Waals surface area contributed by atoms with Crippen LogP contribution in [0.5, 0.6) is 5.75 Å². The van der Waals surface area contributed by atoms with Gasteiger partial charge in [-0.15, -0.1) is 5.41 Å². The second-order valence-electron chi connectivity index (χ2n) is 17.8. The molecule has 0 bridgehead atoms. The standard InChI is InChI=1S/C33H50N.C10H11NO3.2ClH.Ru/c1-22(2)27-15-14-16-28(23(3)4)29(27)34-21-33(13,20-32(34,11)12)26-18-24(30(5,6)7)17-25(19-26)31(8,9)10;1-7(2)14-10-5-4-9(11(12)13)6-8(10)3;;;/h14-19,21-23H,20H2,1-13H3;3-7H,1-2H3;2*1H;/q-1;;;;+2/p-2/t33-;;;;/m1..../s1. The first kappa shape index (κ1) is 43.1. The molecule has 0 saturated carbocycles. The number of anilines is 1. The molecule has 0 aromatic heterocycles. The van der Waals surface area contributed by atoms with Crippen LogP contribution in [-0.4, -0.2) is 21.2 Å². The van der Waals surface area contributed by atoms with E-state index >= 15 is 0 Å². The maximum Gasteiger partial charge on any atom is 0.0145 e. The quantitative estimate of drug-likeness (QED) is 0.0982. The number of non-ortho nitro benzene ring substituents is 1. The third-order valence-electron chi connectivity index (χ3n) is 9.53. The zero-order valence-electron chi connectivity index (χ0n) is 33.5. The summed E-state index contributed by atoms with van der Waals surface area (Å²) in [6.45, 7) is 36.9. The van der Waals surface area contributed by atoms with Crippen LogP contribution < -0.4 is 9.64 Å². The van der Waals surface area contributed by atoms with Crippen molar-refractivity contribution in [2.24, 2.45) is 0 Å². The van der Waals surface area contributed by atoms with E-state index in [9.17, 15) is 10.1 Å². The summed E-state index contributed by atoms with van der Waals surface area (Å²) in [7, 11) is 11.6. The van der Waals surface area contributed by atoms with Gasteiger partial charge in [0.1, 0.15) is 0 Å². The molecule has 8 heteroatoms. The average Bonchev–Trinajstić information content (AvgIpc) is 3.25. The molecule has 0 aliphatic carbocycles. The molecule has 4 rings (SSSR count). The molecule has 3 aromatic carbocycles. The first-order valence-electron chi connectivity index (χ1n) is 18.0. The summed E-state index contributed by atoms with van der Waals surface area (Å²) in [6.07, 6.45) is 1.08. The fraction of sp³-hybridized carbons (Fsp3) is 0.535. The first-order chi connectivity index (χ1) is 23.3. The van der Waals surface area contributed by atoms with Gasteiger partial charge in [0.15, 0.2) is 0 Å². The van der Waals surface area contributed by atoms with Crippen LogP contribution in [-0.2, 0) is 29.8 Å². The Morgan fingerprint density at radius 1 is 0.863 bits per heavy atom. The summed E-state index contributed by atoms with van der Waals surface area (Å²) in [5.74, 6) is 1.54. The summed E-state index contributed by atoms with van der Waals surface area (Å²) >= 11 is -2.05. The molecule has 0 spiro atoms. The van der Waals surface area contributed by atoms with Crippen molar-refractivity contribution in [2.75, 3.05) is 4.90 Å². The Kier molecular flexibility index (Phi) is 13.9. The van der Waals surface area contributed by atoms with E-state index in [-0.39, 0.29) is 33.6 Å². The molecule has 0 amide bonds. The maximum absolute atomic E-state index is 10.7. The second-order valence-corrected chi connectivity index (χ2v) is 23.5. The number of ether oxygens (including phenoxy) is 1. The largest absolute Gasteiger partial charge is 0.517 e. The molecule has 1 saturated heterocycles. The van der Waals surface area contributed by atoms with Crippen molar-refractivity contribution in [3.63, 3.8) is 0 Å². The zero-order chi connectivity index (χ0) is 38.9. The van der Waals surface area contributed by atoms with Crippen molar-refractivity contribution in [3.8, 4) is 5.75 Å². The number of halogens is 2. The normalized spacial score (nSPS) is 17.8. The van der Waals surface area contributed by atoms with Gasteiger partial charge in [0, 0.05) is 11.2 Å². The summed E-state index contributed by atoms with van der Waals surface area (Å²) in [5, 5.41) is 10.7. The summed E-state index contributed by atoms with van der Waals surface area (Å²) in [5.41, 5.74) is 9.50. The fourth-order valence-corrected chi connectivity index (χ4v) is 8.60. The third kappa shape index (κ3) is 10.9. The van der Waals surface area contributed by atoms with Crippen LogP contribution in [0.15, 0.2) is 54.6 Å². The van der Waals surface area contributed by atoms with Crippen molar-refractivity contribution in [3.05, 3.63) is 105 Å². The number of nitrogens with zero attached hydrogens (tertiary/aromatic N) is 2. The van der Waals surface area contributed by atoms with Gasteiger partial charge in [-0.2, -0.15) is 0 Å². The van der Waals surface area contributed by atoms with Crippen LogP contribution in [0, 0.1) is 16.7 Å². The van der Waals surface area contributed by atoms with E-state index < -0.39 is 18.4 Å². The SMILES string of the molecule is CC(C)Oc1ccc([N+](=O)[O-])cc1[CH]=[Ru]([Cl])[Cl].CC(C)c1cccc(C(C)C)c1N1[CH-][C@](C)(c2cc(C(C)(C)C)cc(C(C)(C)C)c2)CC1(C)C. The minimum Gasteiger partial charge on any atom is -0.517 e. The Balaban J connectivity index is 0.000000347. The Labute approximate surface area is 322 Å². The summed E-state index contributed by atoms with van der Waals surface area (Å²) < 4.78 is 7.17. The van der Waals surface area contributed by atoms with E-state index in [1.165, 1.54) is 45.6 Å². The van der Waals surface area contributed by atoms with E-state index in [0.29, 0.717) is 23.1 Å². The molecule has 1 heterocycles. The monoisotopic (exact) mass is 825 g/mol. The molecule has 0 N–H and O–H groups in total. The summed E-state index contributed by atoms with van der Waals surface area (Å²) in [4.78, 5) is 12.8. The molecule has 5 nitrogen and oxygen atoms in total. The number of nitro benzene ring substituents is 1. The molecule has 3 aromatic rings. The van der Waals surface area contributed by atoms with Crippen molar-refractivity contribution >= 4 is 35.4 Å². The van der Waals surface area contributed by atoms with Gasteiger partial charge in [-0.05, 0) is 65.2 Å². The molecule has 1 fully saturated rings. The average molecular weight is 826 g/mol. The third-order valence-corrected chi connectivity index (χ3v) is 11.4. The van der Waals surface area contributed by atoms with E-state index in [0.717, 1.165) is 6.42 Å². The van der Waals surface area contributed by atoms with Gasteiger partial charge in [0.25, 0.3) is 0 Å². The Morgan fingerprint density at radius 3 is 1.78 bits per heavy atom. The number of hydrogen-bond acceptors (Lipinski definition) is 4. The first-order valence-corrected chi connectivity index (χ1v) is 23.5. The van der Waals surface area contributed by atoms with Gasteiger partial charge in [-0.25, -0.2) is 6.54 Å². The molecule has 51 heavy (non-hydrogen) atoms. The second kappa shape index (κ2) is 16.4. The molecular weight excluding hydrogens is 764 g/mol. The molecule has 1 aliphatic rings. The van der Waals surface area contributed by atoms with Gasteiger partial charge < -0.3 is 4.90 Å². The van der Waals surface area contributed by atoms with Crippen LogP contribution in [0.25, 0.3) is 0 Å². The van der Waals surface area contributed by atoms with Crippen LogP contribution in [0.3, 0.4) is 0 Å². The van der Waals surface area contributed by atoms with Crippen molar-refractivity contribution in [1.82, 2.24) is 0 Å². The van der Waals surface area contributed by atoms with Crippen LogP contribution >= 0.6 is 19.4 Å². The molecule has 1 aliphatic heterocycles.